The van der Waals surface area contributed by atoms with E-state index in [1.807, 2.05) is 0 Å². The van der Waals surface area contributed by atoms with Gasteiger partial charge in [0, 0.05) is 6.07 Å². The van der Waals surface area contributed by atoms with Gasteiger partial charge in [0.05, 0.1) is 5.56 Å². The Morgan fingerprint density at radius 1 is 1.24 bits per heavy atom. The molecule has 0 saturated heterocycles. The zero-order valence-electron chi connectivity index (χ0n) is 8.22. The smallest absolute Gasteiger partial charge is 0.289 e. The number of hydrogen-bond donors (Lipinski definition) is 3. The molecule has 1 rings (SSSR count). The average molecular weight is 257 g/mol. The Hall–Kier alpha value is -1.41. The number of halogens is 5. The summed E-state index contributed by atoms with van der Waals surface area (Å²) in [7, 11) is 0. The summed E-state index contributed by atoms with van der Waals surface area (Å²) in [6.45, 7) is -1.73. The summed E-state index contributed by atoms with van der Waals surface area (Å²) in [5.74, 6) is -11.0. The van der Waals surface area contributed by atoms with Crippen LogP contribution in [0.1, 0.15) is 11.6 Å². The lowest BCUT2D eigenvalue weighted by Gasteiger charge is -2.22. The van der Waals surface area contributed by atoms with E-state index in [1.165, 1.54) is 0 Å². The highest BCUT2D eigenvalue weighted by Crippen LogP contribution is 2.36. The van der Waals surface area contributed by atoms with E-state index in [2.05, 4.69) is 0 Å². The number of hydrogen-bond acceptors (Lipinski definition) is 3. The Morgan fingerprint density at radius 3 is 2.24 bits per heavy atom. The Bertz CT molecular complexity index is 438. The van der Waals surface area contributed by atoms with Crippen molar-refractivity contribution in [2.45, 2.75) is 12.0 Å². The molecule has 1 aromatic carbocycles. The van der Waals surface area contributed by atoms with Crippen molar-refractivity contribution in [2.75, 3.05) is 6.61 Å². The minimum Gasteiger partial charge on any atom is -0.507 e. The minimum atomic E-state index is -3.98. The Morgan fingerprint density at radius 2 is 1.76 bits per heavy atom. The van der Waals surface area contributed by atoms with Gasteiger partial charge in [-0.3, -0.25) is 0 Å². The third-order valence-electron chi connectivity index (χ3n) is 2.16. The van der Waals surface area contributed by atoms with E-state index in [9.17, 15) is 22.0 Å². The van der Waals surface area contributed by atoms with Gasteiger partial charge in [-0.25, -0.2) is 22.0 Å². The van der Waals surface area contributed by atoms with Gasteiger partial charge in [-0.15, -0.1) is 0 Å². The summed E-state index contributed by atoms with van der Waals surface area (Å²) < 4.78 is 64.5. The van der Waals surface area contributed by atoms with E-state index in [0.717, 1.165) is 0 Å². The fraction of sp³-hybridized carbons (Fsp3) is 0.333. The molecule has 0 heterocycles. The number of aromatic hydroxyl groups is 1. The van der Waals surface area contributed by atoms with Gasteiger partial charge >= 0.3 is 0 Å². The second kappa shape index (κ2) is 4.46. The second-order valence-corrected chi connectivity index (χ2v) is 3.32. The normalized spacial score (nSPS) is 13.8. The van der Waals surface area contributed by atoms with Crippen molar-refractivity contribution < 1.29 is 32.2 Å². The van der Waals surface area contributed by atoms with Gasteiger partial charge in [-0.05, 0) is 0 Å². The van der Waals surface area contributed by atoms with Crippen molar-refractivity contribution in [1.82, 2.24) is 0 Å². The lowest BCUT2D eigenvalue weighted by atomic mass is 9.99. The molecular weight excluding hydrogens is 249 g/mol. The van der Waals surface area contributed by atoms with E-state index in [0.29, 0.717) is 0 Å². The molecule has 17 heavy (non-hydrogen) atoms. The van der Waals surface area contributed by atoms with Crippen LogP contribution in [0.25, 0.3) is 0 Å². The highest BCUT2D eigenvalue weighted by atomic mass is 19.3. The molecule has 0 saturated carbocycles. The van der Waals surface area contributed by atoms with Crippen LogP contribution in [0.15, 0.2) is 6.07 Å². The third-order valence-corrected chi connectivity index (χ3v) is 2.16. The first kappa shape index (κ1) is 13.7. The molecule has 4 N–H and O–H groups in total. The number of phenolic OH excluding ortho intramolecular Hbond substituents is 1. The summed E-state index contributed by atoms with van der Waals surface area (Å²) >= 11 is 0. The molecular formula is C9H8F5NO2. The van der Waals surface area contributed by atoms with Crippen molar-refractivity contribution in [2.24, 2.45) is 5.73 Å². The molecule has 0 amide bonds. The van der Waals surface area contributed by atoms with Crippen LogP contribution in [0.3, 0.4) is 0 Å². The number of nitrogens with two attached hydrogens (primary N) is 1. The van der Waals surface area contributed by atoms with E-state index in [4.69, 9.17) is 15.9 Å². The quantitative estimate of drug-likeness (QED) is 0.567. The molecule has 0 spiro atoms. The summed E-state index contributed by atoms with van der Waals surface area (Å²) in [4.78, 5) is 0. The lowest BCUT2D eigenvalue weighted by Crippen LogP contribution is -2.37. The fourth-order valence-corrected chi connectivity index (χ4v) is 1.20. The summed E-state index contributed by atoms with van der Waals surface area (Å²) in [5, 5.41) is 17.4. The van der Waals surface area contributed by atoms with Gasteiger partial charge in [-0.1, -0.05) is 0 Å². The van der Waals surface area contributed by atoms with Crippen molar-refractivity contribution in [3.05, 3.63) is 29.1 Å². The maximum absolute atomic E-state index is 13.2. The number of alkyl halides is 2. The largest absolute Gasteiger partial charge is 0.507 e. The number of rotatable bonds is 3. The predicted molar refractivity (Wildman–Crippen MR) is 46.9 cm³/mol. The van der Waals surface area contributed by atoms with Gasteiger partial charge in [0.1, 0.15) is 18.4 Å². The number of benzene rings is 1. The molecule has 0 radical (unpaired) electrons. The lowest BCUT2D eigenvalue weighted by molar-refractivity contribution is -0.0724. The molecule has 0 aromatic heterocycles. The first-order chi connectivity index (χ1) is 7.72. The van der Waals surface area contributed by atoms with Gasteiger partial charge < -0.3 is 15.9 Å². The highest BCUT2D eigenvalue weighted by molar-refractivity contribution is 5.38. The number of phenols is 1. The van der Waals surface area contributed by atoms with Crippen LogP contribution >= 0.6 is 0 Å². The molecule has 1 aromatic rings. The second-order valence-electron chi connectivity index (χ2n) is 3.32. The van der Waals surface area contributed by atoms with Crippen LogP contribution in [0.4, 0.5) is 22.0 Å². The molecule has 8 heteroatoms. The standard InChI is InChI=1S/C9H8F5NO2/c10-3-1-4(17)5(7(12)6(3)11)8(15)9(13,14)2-16/h1,8,16-17H,2,15H2/t8-/m1/s1. The number of aliphatic hydroxyl groups excluding tert-OH is 1. The van der Waals surface area contributed by atoms with Crippen LogP contribution in [0.2, 0.25) is 0 Å². The minimum absolute atomic E-state index is 0.126. The Kier molecular flexibility index (Phi) is 3.58. The van der Waals surface area contributed by atoms with Crippen LogP contribution in [0, 0.1) is 17.5 Å². The number of aliphatic hydroxyl groups is 1. The van der Waals surface area contributed by atoms with Crippen molar-refractivity contribution in [3.8, 4) is 5.75 Å². The van der Waals surface area contributed by atoms with E-state index >= 15 is 0 Å². The fourth-order valence-electron chi connectivity index (χ4n) is 1.20. The molecule has 0 aliphatic heterocycles. The Balaban J connectivity index is 3.37. The molecule has 1 atom stereocenters. The first-order valence-electron chi connectivity index (χ1n) is 4.33. The topological polar surface area (TPSA) is 66.5 Å². The van der Waals surface area contributed by atoms with Gasteiger partial charge in [-0.2, -0.15) is 0 Å². The predicted octanol–water partition coefficient (Wildman–Crippen LogP) is 1.44. The van der Waals surface area contributed by atoms with E-state index in [1.54, 1.807) is 0 Å². The van der Waals surface area contributed by atoms with Crippen molar-refractivity contribution >= 4 is 0 Å². The molecule has 0 bridgehead atoms. The summed E-state index contributed by atoms with van der Waals surface area (Å²) in [5.41, 5.74) is 3.62. The van der Waals surface area contributed by atoms with E-state index in [-0.39, 0.29) is 6.07 Å². The SMILES string of the molecule is N[C@H](c1c(O)cc(F)c(F)c1F)C(F)(F)CO. The van der Waals surface area contributed by atoms with Crippen LogP contribution < -0.4 is 5.73 Å². The van der Waals surface area contributed by atoms with Crippen LogP contribution in [0.5, 0.6) is 5.75 Å². The van der Waals surface area contributed by atoms with Crippen LogP contribution in [-0.4, -0.2) is 22.7 Å². The highest BCUT2D eigenvalue weighted by Gasteiger charge is 2.41. The average Bonchev–Trinajstić information content (AvgIpc) is 2.26. The third kappa shape index (κ3) is 2.32. The molecule has 0 fully saturated rings. The molecule has 96 valence electrons. The maximum Gasteiger partial charge on any atom is 0.289 e. The van der Waals surface area contributed by atoms with Crippen LogP contribution in [-0.2, 0) is 0 Å². The van der Waals surface area contributed by atoms with E-state index < -0.39 is 47.3 Å². The van der Waals surface area contributed by atoms with Gasteiger partial charge in [0.15, 0.2) is 17.5 Å². The van der Waals surface area contributed by atoms with Gasteiger partial charge in [0.2, 0.25) is 0 Å². The zero-order valence-corrected chi connectivity index (χ0v) is 8.22. The summed E-state index contributed by atoms with van der Waals surface area (Å²) in [6.07, 6.45) is 0. The molecule has 3 nitrogen and oxygen atoms in total. The molecule has 0 aliphatic carbocycles. The first-order valence-corrected chi connectivity index (χ1v) is 4.33. The van der Waals surface area contributed by atoms with Gasteiger partial charge in [0.25, 0.3) is 5.92 Å². The van der Waals surface area contributed by atoms with Crippen molar-refractivity contribution in [1.29, 1.82) is 0 Å². The monoisotopic (exact) mass is 257 g/mol. The maximum atomic E-state index is 13.2. The Labute approximate surface area is 92.3 Å². The molecule has 0 unspecified atom stereocenters. The zero-order chi connectivity index (χ0) is 13.4. The van der Waals surface area contributed by atoms with Crippen molar-refractivity contribution in [3.63, 3.8) is 0 Å². The molecule has 0 aliphatic rings. The summed E-state index contributed by atoms with van der Waals surface area (Å²) in [6, 6.07) is -2.37.